The van der Waals surface area contributed by atoms with Crippen molar-refractivity contribution in [2.24, 2.45) is 0 Å². The van der Waals surface area contributed by atoms with E-state index in [-0.39, 0.29) is 13.1 Å². The largest absolute Gasteiger partial charge is 0.479 e. The first-order valence-electron chi connectivity index (χ1n) is 4.92. The molecule has 1 rings (SSSR count). The lowest BCUT2D eigenvalue weighted by molar-refractivity contribution is -0.146. The maximum Gasteiger partial charge on any atom is 0.334 e. The summed E-state index contributed by atoms with van der Waals surface area (Å²) < 4.78 is 0. The van der Waals surface area contributed by atoms with Crippen molar-refractivity contribution in [2.45, 2.75) is 12.6 Å². The highest BCUT2D eigenvalue weighted by Gasteiger charge is 2.13. The maximum atomic E-state index is 11.2. The fraction of sp³-hybridized carbons (Fsp3) is 0.300. The smallest absolute Gasteiger partial charge is 0.334 e. The highest BCUT2D eigenvalue weighted by atomic mass is 16.4. The van der Waals surface area contributed by atoms with Crippen molar-refractivity contribution in [3.63, 3.8) is 0 Å². The van der Waals surface area contributed by atoms with E-state index in [4.69, 9.17) is 10.2 Å². The predicted molar refractivity (Wildman–Crippen MR) is 58.1 cm³/mol. The number of aromatic nitrogens is 1. The van der Waals surface area contributed by atoms with Crippen LogP contribution in [0.4, 0.5) is 4.79 Å². The van der Waals surface area contributed by atoms with Gasteiger partial charge in [-0.1, -0.05) is 6.07 Å². The number of nitrogens with one attached hydrogen (secondary N) is 2. The quantitative estimate of drug-likeness (QED) is 0.544. The summed E-state index contributed by atoms with van der Waals surface area (Å²) in [7, 11) is 0. The fourth-order valence-electron chi connectivity index (χ4n) is 1.01. The number of hydrogen-bond acceptors (Lipinski definition) is 4. The van der Waals surface area contributed by atoms with Crippen LogP contribution in [0, 0.1) is 0 Å². The molecule has 1 aromatic heterocycles. The second-order valence-corrected chi connectivity index (χ2v) is 3.24. The molecule has 1 atom stereocenters. The number of carbonyl (C=O) groups is 2. The number of amides is 2. The molecule has 17 heavy (non-hydrogen) atoms. The molecule has 2 amide bonds. The van der Waals surface area contributed by atoms with E-state index in [1.165, 1.54) is 0 Å². The predicted octanol–water partition coefficient (Wildman–Crippen LogP) is -0.674. The summed E-state index contributed by atoms with van der Waals surface area (Å²) >= 11 is 0. The Kier molecular flexibility index (Phi) is 4.89. The third-order valence-electron chi connectivity index (χ3n) is 1.90. The summed E-state index contributed by atoms with van der Waals surface area (Å²) in [5, 5.41) is 22.0. The van der Waals surface area contributed by atoms with E-state index in [1.54, 1.807) is 24.4 Å². The van der Waals surface area contributed by atoms with Crippen LogP contribution in [0.2, 0.25) is 0 Å². The molecule has 0 bridgehead atoms. The molecule has 0 radical (unpaired) electrons. The van der Waals surface area contributed by atoms with Crippen LogP contribution in [0.25, 0.3) is 0 Å². The van der Waals surface area contributed by atoms with Crippen LogP contribution < -0.4 is 10.6 Å². The number of rotatable bonds is 5. The molecule has 0 aromatic carbocycles. The van der Waals surface area contributed by atoms with Gasteiger partial charge in [-0.2, -0.15) is 0 Å². The Morgan fingerprint density at radius 3 is 2.71 bits per heavy atom. The Labute approximate surface area is 97.5 Å². The van der Waals surface area contributed by atoms with Crippen molar-refractivity contribution in [1.29, 1.82) is 0 Å². The van der Waals surface area contributed by atoms with E-state index in [0.29, 0.717) is 5.69 Å². The first-order valence-corrected chi connectivity index (χ1v) is 4.92. The second kappa shape index (κ2) is 6.44. The monoisotopic (exact) mass is 239 g/mol. The van der Waals surface area contributed by atoms with Crippen molar-refractivity contribution in [3.05, 3.63) is 30.1 Å². The SMILES string of the molecule is O=C(NCc1ccccn1)NC[C@H](O)C(=O)O. The van der Waals surface area contributed by atoms with Gasteiger partial charge in [0, 0.05) is 6.20 Å². The number of hydrogen-bond donors (Lipinski definition) is 4. The summed E-state index contributed by atoms with van der Waals surface area (Å²) in [6.45, 7) is -0.112. The number of urea groups is 1. The number of aliphatic carboxylic acids is 1. The molecule has 0 aliphatic heterocycles. The minimum absolute atomic E-state index is 0.232. The molecule has 0 unspecified atom stereocenters. The molecular weight excluding hydrogens is 226 g/mol. The average Bonchev–Trinajstić information content (AvgIpc) is 2.34. The summed E-state index contributed by atoms with van der Waals surface area (Å²) in [6.07, 6.45) is -0.000999. The Morgan fingerprint density at radius 2 is 2.12 bits per heavy atom. The molecule has 92 valence electrons. The Bertz CT molecular complexity index is 382. The molecule has 7 nitrogen and oxygen atoms in total. The molecule has 0 spiro atoms. The van der Waals surface area contributed by atoms with Crippen LogP contribution in [-0.4, -0.2) is 39.8 Å². The molecule has 0 fully saturated rings. The van der Waals surface area contributed by atoms with Crippen molar-refractivity contribution in [3.8, 4) is 0 Å². The summed E-state index contributed by atoms with van der Waals surface area (Å²) in [6, 6.07) is 4.73. The molecule has 7 heteroatoms. The molecular formula is C10H13N3O4. The summed E-state index contributed by atoms with van der Waals surface area (Å²) in [5.74, 6) is -1.38. The number of carboxylic acid groups (broad SMARTS) is 1. The van der Waals surface area contributed by atoms with Gasteiger partial charge in [-0.3, -0.25) is 4.98 Å². The lowest BCUT2D eigenvalue weighted by atomic mass is 10.3. The summed E-state index contributed by atoms with van der Waals surface area (Å²) in [5.41, 5.74) is 0.682. The van der Waals surface area contributed by atoms with Crippen LogP contribution in [0.1, 0.15) is 5.69 Å². The number of aliphatic hydroxyl groups is 1. The fourth-order valence-corrected chi connectivity index (χ4v) is 1.01. The minimum atomic E-state index is -1.60. The van der Waals surface area contributed by atoms with Crippen LogP contribution in [0.3, 0.4) is 0 Å². The van der Waals surface area contributed by atoms with Crippen LogP contribution in [0.5, 0.6) is 0 Å². The zero-order chi connectivity index (χ0) is 12.7. The first kappa shape index (κ1) is 12.9. The molecule has 0 aliphatic carbocycles. The minimum Gasteiger partial charge on any atom is -0.479 e. The van der Waals surface area contributed by atoms with Crippen molar-refractivity contribution in [2.75, 3.05) is 6.54 Å². The van der Waals surface area contributed by atoms with Crippen molar-refractivity contribution in [1.82, 2.24) is 15.6 Å². The van der Waals surface area contributed by atoms with Crippen LogP contribution in [0.15, 0.2) is 24.4 Å². The standard InChI is InChI=1S/C10H13N3O4/c14-8(9(15)16)6-13-10(17)12-5-7-3-1-2-4-11-7/h1-4,8,14H,5-6H2,(H,15,16)(H2,12,13,17)/t8-/m0/s1. The first-order chi connectivity index (χ1) is 8.09. The van der Waals surface area contributed by atoms with Crippen molar-refractivity contribution >= 4 is 12.0 Å². The molecule has 0 aliphatic rings. The number of aliphatic hydroxyl groups excluding tert-OH is 1. The van der Waals surface area contributed by atoms with Gasteiger partial charge < -0.3 is 20.8 Å². The normalized spacial score (nSPS) is 11.6. The van der Waals surface area contributed by atoms with E-state index in [2.05, 4.69) is 15.6 Å². The van der Waals surface area contributed by atoms with Crippen LogP contribution >= 0.6 is 0 Å². The van der Waals surface area contributed by atoms with Gasteiger partial charge in [-0.15, -0.1) is 0 Å². The topological polar surface area (TPSA) is 112 Å². The Balaban J connectivity index is 2.24. The highest BCUT2D eigenvalue weighted by Crippen LogP contribution is 1.91. The van der Waals surface area contributed by atoms with Gasteiger partial charge in [0.2, 0.25) is 0 Å². The number of nitrogens with zero attached hydrogens (tertiary/aromatic N) is 1. The van der Waals surface area contributed by atoms with Gasteiger partial charge in [-0.25, -0.2) is 9.59 Å². The van der Waals surface area contributed by atoms with Gasteiger partial charge in [0.05, 0.1) is 18.8 Å². The van der Waals surface area contributed by atoms with Gasteiger partial charge in [0.15, 0.2) is 6.10 Å². The van der Waals surface area contributed by atoms with Crippen LogP contribution in [-0.2, 0) is 11.3 Å². The Morgan fingerprint density at radius 1 is 1.35 bits per heavy atom. The highest BCUT2D eigenvalue weighted by molar-refractivity contribution is 5.76. The number of pyridine rings is 1. The van der Waals surface area contributed by atoms with Gasteiger partial charge in [0.25, 0.3) is 0 Å². The lowest BCUT2D eigenvalue weighted by Gasteiger charge is -2.08. The Hall–Kier alpha value is -2.15. The lowest BCUT2D eigenvalue weighted by Crippen LogP contribution is -2.41. The number of carbonyl (C=O) groups excluding carboxylic acids is 1. The van der Waals surface area contributed by atoms with E-state index >= 15 is 0 Å². The zero-order valence-electron chi connectivity index (χ0n) is 8.96. The van der Waals surface area contributed by atoms with Gasteiger partial charge in [0.1, 0.15) is 0 Å². The van der Waals surface area contributed by atoms with Gasteiger partial charge >= 0.3 is 12.0 Å². The summed E-state index contributed by atoms with van der Waals surface area (Å²) in [4.78, 5) is 25.4. The van der Waals surface area contributed by atoms with E-state index in [9.17, 15) is 9.59 Å². The molecule has 4 N–H and O–H groups in total. The van der Waals surface area contributed by atoms with E-state index < -0.39 is 18.1 Å². The van der Waals surface area contributed by atoms with Gasteiger partial charge in [-0.05, 0) is 12.1 Å². The van der Waals surface area contributed by atoms with E-state index in [1.807, 2.05) is 0 Å². The number of carboxylic acids is 1. The third-order valence-corrected chi connectivity index (χ3v) is 1.90. The molecule has 0 saturated heterocycles. The van der Waals surface area contributed by atoms with Crippen molar-refractivity contribution < 1.29 is 19.8 Å². The zero-order valence-corrected chi connectivity index (χ0v) is 8.96. The maximum absolute atomic E-state index is 11.2. The average molecular weight is 239 g/mol. The second-order valence-electron chi connectivity index (χ2n) is 3.24. The third kappa shape index (κ3) is 4.94. The van der Waals surface area contributed by atoms with E-state index in [0.717, 1.165) is 0 Å². The molecule has 1 heterocycles. The molecule has 1 aromatic rings. The molecule has 0 saturated carbocycles.